The highest BCUT2D eigenvalue weighted by atomic mass is 32.2. The molecule has 8 heteroatoms. The zero-order valence-electron chi connectivity index (χ0n) is 21.8. The van der Waals surface area contributed by atoms with Crippen LogP contribution in [0.5, 0.6) is 17.2 Å². The van der Waals surface area contributed by atoms with Crippen LogP contribution in [0.1, 0.15) is 42.9 Å². The van der Waals surface area contributed by atoms with E-state index in [4.69, 9.17) is 9.47 Å². The SMILES string of the molecule is CNS(=O)(=O)c1ccc2c(c1)-c1ccc3cc(O)ccc3c1C(c1ccc(OCCC3CCCCN3)cc1)O2. The molecule has 2 aliphatic heterocycles. The van der Waals surface area contributed by atoms with E-state index in [1.165, 1.54) is 26.3 Å². The summed E-state index contributed by atoms with van der Waals surface area (Å²) in [7, 11) is -2.23. The molecule has 2 aliphatic rings. The number of nitrogens with one attached hydrogen (secondary N) is 2. The molecule has 39 heavy (non-hydrogen) atoms. The Hall–Kier alpha value is -3.59. The molecule has 4 aromatic carbocycles. The number of rotatable bonds is 7. The highest BCUT2D eigenvalue weighted by Crippen LogP contribution is 2.48. The summed E-state index contributed by atoms with van der Waals surface area (Å²) >= 11 is 0. The first-order chi connectivity index (χ1) is 18.9. The molecular weight excluding hydrogens is 512 g/mol. The molecule has 0 radical (unpaired) electrons. The van der Waals surface area contributed by atoms with E-state index in [1.54, 1.807) is 30.3 Å². The van der Waals surface area contributed by atoms with Gasteiger partial charge in [-0.2, -0.15) is 0 Å². The van der Waals surface area contributed by atoms with E-state index in [-0.39, 0.29) is 10.6 Å². The first-order valence-corrected chi connectivity index (χ1v) is 14.9. The van der Waals surface area contributed by atoms with Gasteiger partial charge in [0, 0.05) is 17.2 Å². The number of hydrogen-bond acceptors (Lipinski definition) is 6. The molecule has 3 N–H and O–H groups in total. The number of benzene rings is 4. The molecule has 1 saturated heterocycles. The van der Waals surface area contributed by atoms with Crippen LogP contribution in [0.15, 0.2) is 77.7 Å². The van der Waals surface area contributed by atoms with Gasteiger partial charge in [-0.3, -0.25) is 0 Å². The molecule has 7 nitrogen and oxygen atoms in total. The Bertz CT molecular complexity index is 1610. The summed E-state index contributed by atoms with van der Waals surface area (Å²) in [6.45, 7) is 1.76. The fraction of sp³-hybridized carbons (Fsp3) is 0.290. The summed E-state index contributed by atoms with van der Waals surface area (Å²) in [6.07, 6.45) is 4.30. The Morgan fingerprint density at radius 2 is 1.85 bits per heavy atom. The highest BCUT2D eigenvalue weighted by Gasteiger charge is 2.30. The fourth-order valence-corrected chi connectivity index (χ4v) is 6.37. The largest absolute Gasteiger partial charge is 0.508 e. The van der Waals surface area contributed by atoms with Crippen molar-refractivity contribution >= 4 is 20.8 Å². The van der Waals surface area contributed by atoms with Crippen molar-refractivity contribution in [2.45, 2.75) is 42.7 Å². The van der Waals surface area contributed by atoms with Crippen LogP contribution >= 0.6 is 0 Å². The lowest BCUT2D eigenvalue weighted by Gasteiger charge is -2.31. The van der Waals surface area contributed by atoms with Crippen molar-refractivity contribution in [1.82, 2.24) is 10.0 Å². The maximum atomic E-state index is 12.5. The third-order valence-electron chi connectivity index (χ3n) is 7.70. The van der Waals surface area contributed by atoms with Crippen LogP contribution in [0.2, 0.25) is 0 Å². The Balaban J connectivity index is 1.35. The van der Waals surface area contributed by atoms with E-state index in [0.29, 0.717) is 24.0 Å². The summed E-state index contributed by atoms with van der Waals surface area (Å²) < 4.78 is 40.1. The molecule has 0 amide bonds. The van der Waals surface area contributed by atoms with Crippen LogP contribution in [-0.4, -0.2) is 39.8 Å². The smallest absolute Gasteiger partial charge is 0.240 e. The van der Waals surface area contributed by atoms with Crippen molar-refractivity contribution in [3.63, 3.8) is 0 Å². The minimum Gasteiger partial charge on any atom is -0.508 e. The lowest BCUT2D eigenvalue weighted by molar-refractivity contribution is 0.244. The van der Waals surface area contributed by atoms with Crippen LogP contribution in [-0.2, 0) is 10.0 Å². The lowest BCUT2D eigenvalue weighted by Crippen LogP contribution is -2.35. The summed E-state index contributed by atoms with van der Waals surface area (Å²) in [5.41, 5.74) is 3.49. The van der Waals surface area contributed by atoms with E-state index in [2.05, 4.69) is 10.0 Å². The molecule has 2 atom stereocenters. The first-order valence-electron chi connectivity index (χ1n) is 13.4. The van der Waals surface area contributed by atoms with Crippen molar-refractivity contribution in [2.24, 2.45) is 0 Å². The lowest BCUT2D eigenvalue weighted by atomic mass is 9.86. The van der Waals surface area contributed by atoms with Gasteiger partial charge < -0.3 is 19.9 Å². The van der Waals surface area contributed by atoms with Crippen molar-refractivity contribution in [2.75, 3.05) is 20.2 Å². The maximum Gasteiger partial charge on any atom is 0.240 e. The highest BCUT2D eigenvalue weighted by molar-refractivity contribution is 7.89. The molecule has 0 saturated carbocycles. The molecule has 6 rings (SSSR count). The minimum atomic E-state index is -3.62. The predicted octanol–water partition coefficient (Wildman–Crippen LogP) is 5.51. The summed E-state index contributed by atoms with van der Waals surface area (Å²) in [5.74, 6) is 1.61. The van der Waals surface area contributed by atoms with Gasteiger partial charge in [-0.15, -0.1) is 0 Å². The second kappa shape index (κ2) is 10.5. The molecule has 2 unspecified atom stereocenters. The first kappa shape index (κ1) is 25.7. The Morgan fingerprint density at radius 3 is 2.62 bits per heavy atom. The van der Waals surface area contributed by atoms with Gasteiger partial charge >= 0.3 is 0 Å². The Labute approximate surface area is 228 Å². The number of fused-ring (bicyclic) bond motifs is 5. The monoisotopic (exact) mass is 544 g/mol. The zero-order valence-corrected chi connectivity index (χ0v) is 22.6. The average Bonchev–Trinajstić information content (AvgIpc) is 2.97. The van der Waals surface area contributed by atoms with Gasteiger partial charge in [0.1, 0.15) is 17.2 Å². The van der Waals surface area contributed by atoms with Crippen molar-refractivity contribution < 1.29 is 23.0 Å². The van der Waals surface area contributed by atoms with Gasteiger partial charge in [-0.25, -0.2) is 13.1 Å². The summed E-state index contributed by atoms with van der Waals surface area (Å²) in [6, 6.07) is 22.6. The van der Waals surface area contributed by atoms with Crippen LogP contribution in [0.3, 0.4) is 0 Å². The molecule has 0 aliphatic carbocycles. The number of sulfonamides is 1. The fourth-order valence-electron chi connectivity index (χ4n) is 5.61. The molecular formula is C31H32N2O5S. The molecule has 2 heterocycles. The second-order valence-corrected chi connectivity index (χ2v) is 12.0. The number of ether oxygens (including phenoxy) is 2. The van der Waals surface area contributed by atoms with E-state index < -0.39 is 16.1 Å². The van der Waals surface area contributed by atoms with Gasteiger partial charge in [0.2, 0.25) is 10.0 Å². The standard InChI is InChI=1S/C31H32N2O5S/c1-32-39(35,36)25-11-14-29-28(19-25)27-12-7-21-18-23(34)8-13-26(21)30(27)31(38-29)20-5-9-24(10-6-20)37-17-15-22-4-2-3-16-33-22/h5-14,18-19,22,31-34H,2-4,15-17H2,1H3. The normalized spacial score (nSPS) is 18.7. The average molecular weight is 545 g/mol. The van der Waals surface area contributed by atoms with Crippen LogP contribution in [0.4, 0.5) is 0 Å². The zero-order chi connectivity index (χ0) is 27.0. The maximum absolute atomic E-state index is 12.5. The number of aromatic hydroxyl groups is 1. The van der Waals surface area contributed by atoms with Crippen LogP contribution in [0, 0.1) is 0 Å². The van der Waals surface area contributed by atoms with E-state index in [9.17, 15) is 13.5 Å². The minimum absolute atomic E-state index is 0.174. The van der Waals surface area contributed by atoms with Gasteiger partial charge in [-0.1, -0.05) is 36.8 Å². The third-order valence-corrected chi connectivity index (χ3v) is 9.11. The van der Waals surface area contributed by atoms with Gasteiger partial charge in [0.25, 0.3) is 0 Å². The van der Waals surface area contributed by atoms with Crippen molar-refractivity contribution in [3.8, 4) is 28.4 Å². The van der Waals surface area contributed by atoms with Crippen LogP contribution in [0.25, 0.3) is 21.9 Å². The van der Waals surface area contributed by atoms with Gasteiger partial charge in [-0.05, 0) is 97.2 Å². The molecule has 0 aromatic heterocycles. The topological polar surface area (TPSA) is 96.9 Å². The van der Waals surface area contributed by atoms with Gasteiger partial charge in [0.05, 0.1) is 11.5 Å². The van der Waals surface area contributed by atoms with E-state index >= 15 is 0 Å². The molecule has 202 valence electrons. The number of phenolic OH excluding ortho intramolecular Hbond substituents is 1. The Kier molecular flexibility index (Phi) is 6.93. The number of phenols is 1. The molecule has 0 spiro atoms. The summed E-state index contributed by atoms with van der Waals surface area (Å²) in [5, 5.41) is 15.5. The van der Waals surface area contributed by atoms with Crippen molar-refractivity contribution in [1.29, 1.82) is 0 Å². The van der Waals surface area contributed by atoms with E-state index in [1.807, 2.05) is 42.5 Å². The molecule has 1 fully saturated rings. The quantitative estimate of drug-likeness (QED) is 0.284. The second-order valence-electron chi connectivity index (χ2n) is 10.1. The van der Waals surface area contributed by atoms with E-state index in [0.717, 1.165) is 46.2 Å². The van der Waals surface area contributed by atoms with Crippen molar-refractivity contribution in [3.05, 3.63) is 83.9 Å². The van der Waals surface area contributed by atoms with Gasteiger partial charge in [0.15, 0.2) is 6.10 Å². The van der Waals surface area contributed by atoms with Crippen LogP contribution < -0.4 is 19.5 Å². The third kappa shape index (κ3) is 5.07. The predicted molar refractivity (Wildman–Crippen MR) is 152 cm³/mol. The summed E-state index contributed by atoms with van der Waals surface area (Å²) in [4.78, 5) is 0.174. The molecule has 0 bridgehead atoms. The molecule has 4 aromatic rings. The number of piperidine rings is 1. The number of hydrogen-bond donors (Lipinski definition) is 3. The Morgan fingerprint density at radius 1 is 1.00 bits per heavy atom.